The number of carbonyl (C=O) groups excluding carboxylic acids is 2. The van der Waals surface area contributed by atoms with E-state index in [2.05, 4.69) is 9.97 Å². The molecule has 12 nitrogen and oxygen atoms in total. The molecule has 0 spiro atoms. The van der Waals surface area contributed by atoms with E-state index in [-0.39, 0.29) is 17.1 Å². The summed E-state index contributed by atoms with van der Waals surface area (Å²) in [6, 6.07) is 3.95. The summed E-state index contributed by atoms with van der Waals surface area (Å²) in [5.41, 5.74) is -0.840. The van der Waals surface area contributed by atoms with Crippen LogP contribution in [0.15, 0.2) is 30.6 Å². The van der Waals surface area contributed by atoms with Gasteiger partial charge in [0.15, 0.2) is 18.1 Å². The summed E-state index contributed by atoms with van der Waals surface area (Å²) in [6.45, 7) is 1.35. The highest BCUT2D eigenvalue weighted by atomic mass is 16.6. The largest absolute Gasteiger partial charge is 0.493 e. The number of nitro benzene ring substituents is 1. The summed E-state index contributed by atoms with van der Waals surface area (Å²) >= 11 is 0. The molecule has 2 aromatic rings. The minimum Gasteiger partial charge on any atom is -0.493 e. The van der Waals surface area contributed by atoms with Gasteiger partial charge in [0, 0.05) is 44.6 Å². The lowest BCUT2D eigenvalue weighted by Gasteiger charge is -2.34. The molecule has 1 aliphatic heterocycles. The van der Waals surface area contributed by atoms with Crippen molar-refractivity contribution in [2.24, 2.45) is 0 Å². The van der Waals surface area contributed by atoms with Gasteiger partial charge in [0.25, 0.3) is 11.6 Å². The first-order chi connectivity index (χ1) is 14.9. The molecule has 1 aromatic carbocycles. The van der Waals surface area contributed by atoms with Gasteiger partial charge in [0.1, 0.15) is 5.56 Å². The highest BCUT2D eigenvalue weighted by Crippen LogP contribution is 2.34. The summed E-state index contributed by atoms with van der Waals surface area (Å²) in [7, 11) is 2.66. The Hall–Kier alpha value is -3.96. The summed E-state index contributed by atoms with van der Waals surface area (Å²) in [6.07, 6.45) is 3.29. The average molecular weight is 431 g/mol. The number of nitrogens with zero attached hydrogens (tertiary/aromatic N) is 5. The molecule has 1 aliphatic rings. The Morgan fingerprint density at radius 2 is 1.68 bits per heavy atom. The van der Waals surface area contributed by atoms with E-state index in [1.807, 2.05) is 4.90 Å². The summed E-state index contributed by atoms with van der Waals surface area (Å²) in [5, 5.41) is 11.3. The maximum atomic E-state index is 12.4. The number of hydrogen-bond acceptors (Lipinski definition) is 10. The number of hydrogen-bond donors (Lipinski definition) is 0. The summed E-state index contributed by atoms with van der Waals surface area (Å²) < 4.78 is 15.2. The molecule has 1 fully saturated rings. The lowest BCUT2D eigenvalue weighted by atomic mass is 10.1. The molecule has 0 atom stereocenters. The fraction of sp³-hybridized carbons (Fsp3) is 0.368. The number of amides is 1. The third-order valence-corrected chi connectivity index (χ3v) is 4.71. The van der Waals surface area contributed by atoms with E-state index in [0.717, 1.165) is 12.1 Å². The molecule has 31 heavy (non-hydrogen) atoms. The Morgan fingerprint density at radius 1 is 1.06 bits per heavy atom. The van der Waals surface area contributed by atoms with Crippen molar-refractivity contribution in [3.63, 3.8) is 0 Å². The highest BCUT2D eigenvalue weighted by Gasteiger charge is 2.28. The Kier molecular flexibility index (Phi) is 6.80. The number of rotatable bonds is 7. The second-order valence-electron chi connectivity index (χ2n) is 6.47. The van der Waals surface area contributed by atoms with Crippen LogP contribution in [0, 0.1) is 10.1 Å². The quantitative estimate of drug-likeness (QED) is 0.353. The van der Waals surface area contributed by atoms with Crippen molar-refractivity contribution in [2.45, 2.75) is 0 Å². The number of carbonyl (C=O) groups is 2. The van der Waals surface area contributed by atoms with Gasteiger partial charge in [-0.2, -0.15) is 0 Å². The number of anilines is 1. The van der Waals surface area contributed by atoms with Gasteiger partial charge < -0.3 is 24.0 Å². The van der Waals surface area contributed by atoms with Gasteiger partial charge in [-0.3, -0.25) is 14.9 Å². The highest BCUT2D eigenvalue weighted by molar-refractivity contribution is 5.96. The molecule has 12 heteroatoms. The fourth-order valence-corrected chi connectivity index (χ4v) is 3.09. The van der Waals surface area contributed by atoms with Crippen LogP contribution >= 0.6 is 0 Å². The Morgan fingerprint density at radius 3 is 2.26 bits per heavy atom. The lowest BCUT2D eigenvalue weighted by molar-refractivity contribution is -0.385. The van der Waals surface area contributed by atoms with Crippen molar-refractivity contribution < 1.29 is 28.7 Å². The van der Waals surface area contributed by atoms with Gasteiger partial charge in [-0.25, -0.2) is 14.8 Å². The number of piperazine rings is 1. The minimum absolute atomic E-state index is 0.0992. The predicted molar refractivity (Wildman–Crippen MR) is 107 cm³/mol. The van der Waals surface area contributed by atoms with Crippen LogP contribution in [0.3, 0.4) is 0 Å². The zero-order valence-electron chi connectivity index (χ0n) is 17.0. The van der Waals surface area contributed by atoms with Crippen LogP contribution < -0.4 is 14.4 Å². The predicted octanol–water partition coefficient (Wildman–Crippen LogP) is 0.908. The zero-order valence-corrected chi connectivity index (χ0v) is 17.0. The molecule has 1 saturated heterocycles. The van der Waals surface area contributed by atoms with E-state index in [1.54, 1.807) is 23.4 Å². The zero-order chi connectivity index (χ0) is 22.4. The molecule has 1 aromatic heterocycles. The molecule has 0 radical (unpaired) electrons. The monoisotopic (exact) mass is 431 g/mol. The molecule has 0 aliphatic carbocycles. The first-order valence-electron chi connectivity index (χ1n) is 9.32. The number of aromatic nitrogens is 2. The van der Waals surface area contributed by atoms with Gasteiger partial charge in [-0.05, 0) is 6.07 Å². The standard InChI is InChI=1S/C19H21N5O7/c1-29-15-10-13(14(24(27)28)11-16(15)30-2)18(26)31-12-17(25)22-6-8-23(9-7-22)19-20-4-3-5-21-19/h3-5,10-11H,6-9,12H2,1-2H3. The molecule has 2 heterocycles. The van der Waals surface area contributed by atoms with Crippen LogP contribution in [0.4, 0.5) is 11.6 Å². The summed E-state index contributed by atoms with van der Waals surface area (Å²) in [4.78, 5) is 47.4. The molecule has 0 saturated carbocycles. The SMILES string of the molecule is COc1cc(C(=O)OCC(=O)N2CCN(c3ncccn3)CC2)c([N+](=O)[O-])cc1OC. The van der Waals surface area contributed by atoms with Crippen LogP contribution in [-0.2, 0) is 9.53 Å². The minimum atomic E-state index is -1.00. The lowest BCUT2D eigenvalue weighted by Crippen LogP contribution is -2.50. The fourth-order valence-electron chi connectivity index (χ4n) is 3.09. The summed E-state index contributed by atoms with van der Waals surface area (Å²) in [5.74, 6) is -0.586. The maximum absolute atomic E-state index is 12.4. The van der Waals surface area contributed by atoms with E-state index < -0.39 is 29.1 Å². The van der Waals surface area contributed by atoms with Gasteiger partial charge in [0.05, 0.1) is 25.2 Å². The van der Waals surface area contributed by atoms with Crippen LogP contribution in [0.2, 0.25) is 0 Å². The number of nitro groups is 1. The number of ether oxygens (including phenoxy) is 3. The number of esters is 1. The van der Waals surface area contributed by atoms with Gasteiger partial charge in [-0.1, -0.05) is 0 Å². The van der Waals surface area contributed by atoms with E-state index >= 15 is 0 Å². The Labute approximate surface area is 177 Å². The van der Waals surface area contributed by atoms with Crippen molar-refractivity contribution in [3.05, 3.63) is 46.3 Å². The van der Waals surface area contributed by atoms with E-state index in [4.69, 9.17) is 14.2 Å². The third kappa shape index (κ3) is 4.97. The van der Waals surface area contributed by atoms with Crippen molar-refractivity contribution in [2.75, 3.05) is 51.9 Å². The molecule has 3 rings (SSSR count). The average Bonchev–Trinajstić information content (AvgIpc) is 2.81. The second kappa shape index (κ2) is 9.69. The van der Waals surface area contributed by atoms with Crippen molar-refractivity contribution >= 4 is 23.5 Å². The Bertz CT molecular complexity index is 962. The Balaban J connectivity index is 1.61. The number of methoxy groups -OCH3 is 2. The smallest absolute Gasteiger partial charge is 0.345 e. The molecule has 1 amide bonds. The molecular weight excluding hydrogens is 410 g/mol. The molecule has 164 valence electrons. The van der Waals surface area contributed by atoms with Crippen LogP contribution in [0.25, 0.3) is 0 Å². The molecule has 0 bridgehead atoms. The van der Waals surface area contributed by atoms with Crippen LogP contribution in [0.5, 0.6) is 11.5 Å². The van der Waals surface area contributed by atoms with Gasteiger partial charge >= 0.3 is 5.97 Å². The van der Waals surface area contributed by atoms with E-state index in [1.165, 1.54) is 14.2 Å². The molecular formula is C19H21N5O7. The van der Waals surface area contributed by atoms with Crippen molar-refractivity contribution in [1.29, 1.82) is 0 Å². The number of benzene rings is 1. The topological polar surface area (TPSA) is 137 Å². The van der Waals surface area contributed by atoms with Crippen molar-refractivity contribution in [1.82, 2.24) is 14.9 Å². The molecule has 0 unspecified atom stereocenters. The second-order valence-corrected chi connectivity index (χ2v) is 6.47. The maximum Gasteiger partial charge on any atom is 0.345 e. The normalized spacial score (nSPS) is 13.5. The molecule has 0 N–H and O–H groups in total. The van der Waals surface area contributed by atoms with Crippen molar-refractivity contribution in [3.8, 4) is 11.5 Å². The third-order valence-electron chi connectivity index (χ3n) is 4.71. The van der Waals surface area contributed by atoms with Crippen LogP contribution in [0.1, 0.15) is 10.4 Å². The van der Waals surface area contributed by atoms with E-state index in [9.17, 15) is 19.7 Å². The van der Waals surface area contributed by atoms with E-state index in [0.29, 0.717) is 32.1 Å². The van der Waals surface area contributed by atoms with Gasteiger partial charge in [0.2, 0.25) is 5.95 Å². The first-order valence-corrected chi connectivity index (χ1v) is 9.32. The van der Waals surface area contributed by atoms with Crippen LogP contribution in [-0.4, -0.2) is 78.7 Å². The first kappa shape index (κ1) is 21.7. The van der Waals surface area contributed by atoms with Gasteiger partial charge in [-0.15, -0.1) is 0 Å².